The molecule has 2 aromatic rings. The van der Waals surface area contributed by atoms with Crippen molar-refractivity contribution in [1.82, 2.24) is 4.90 Å². The second-order valence-electron chi connectivity index (χ2n) is 7.09. The zero-order chi connectivity index (χ0) is 19.4. The molecule has 1 aliphatic heterocycles. The Morgan fingerprint density at radius 2 is 1.96 bits per heavy atom. The summed E-state index contributed by atoms with van der Waals surface area (Å²) in [6.07, 6.45) is 0. The van der Waals surface area contributed by atoms with Crippen LogP contribution in [0.3, 0.4) is 0 Å². The van der Waals surface area contributed by atoms with Gasteiger partial charge in [-0.25, -0.2) is 4.39 Å². The molecule has 0 aliphatic carbocycles. The normalized spacial score (nSPS) is 18.1. The molecule has 1 N–H and O–H groups in total. The molecule has 1 fully saturated rings. The van der Waals surface area contributed by atoms with Gasteiger partial charge in [-0.1, -0.05) is 48.0 Å². The van der Waals surface area contributed by atoms with Gasteiger partial charge in [-0.2, -0.15) is 0 Å². The van der Waals surface area contributed by atoms with Gasteiger partial charge in [0.05, 0.1) is 6.04 Å². The highest BCUT2D eigenvalue weighted by atomic mass is 35.5. The molecule has 2 atom stereocenters. The van der Waals surface area contributed by atoms with E-state index in [1.165, 1.54) is 6.07 Å². The zero-order valence-corrected chi connectivity index (χ0v) is 17.2. The number of benzene rings is 2. The number of quaternary nitrogens is 1. The van der Waals surface area contributed by atoms with Gasteiger partial charge in [0.2, 0.25) is 0 Å². The Morgan fingerprint density at radius 1 is 1.26 bits per heavy atom. The van der Waals surface area contributed by atoms with E-state index in [0.717, 1.165) is 16.2 Å². The molecule has 1 aliphatic rings. The lowest BCUT2D eigenvalue weighted by Gasteiger charge is -2.29. The van der Waals surface area contributed by atoms with Gasteiger partial charge in [0, 0.05) is 28.4 Å². The van der Waals surface area contributed by atoms with Crippen molar-refractivity contribution in [1.29, 1.82) is 0 Å². The van der Waals surface area contributed by atoms with E-state index in [-0.39, 0.29) is 23.1 Å². The minimum atomic E-state index is -0.214. The number of nitrogens with zero attached hydrogens (tertiary/aromatic N) is 1. The van der Waals surface area contributed by atoms with E-state index in [2.05, 4.69) is 13.8 Å². The molecule has 144 valence electrons. The molecule has 27 heavy (non-hydrogen) atoms. The highest BCUT2D eigenvalue weighted by Crippen LogP contribution is 2.40. The van der Waals surface area contributed by atoms with Gasteiger partial charge >= 0.3 is 0 Å². The standard InChI is InChI=1S/C21H24ClFN2OS/c1-15(2)24(13-16-7-3-6-10-19(16)23)14-20(26)25-11-12-27-21(25)17-8-4-5-9-18(17)22/h3-10,15,21H,11-14H2,1-2H3/p+1/t21-/m0/s1. The van der Waals surface area contributed by atoms with Crippen LogP contribution in [0.2, 0.25) is 5.02 Å². The van der Waals surface area contributed by atoms with Crippen LogP contribution in [0.15, 0.2) is 48.5 Å². The smallest absolute Gasteiger partial charge is 0.278 e. The third kappa shape index (κ3) is 4.84. The van der Waals surface area contributed by atoms with Gasteiger partial charge in [-0.3, -0.25) is 4.79 Å². The number of rotatable bonds is 6. The van der Waals surface area contributed by atoms with Crippen molar-refractivity contribution < 1.29 is 14.1 Å². The van der Waals surface area contributed by atoms with Crippen LogP contribution in [0.1, 0.15) is 30.3 Å². The van der Waals surface area contributed by atoms with Crippen LogP contribution < -0.4 is 4.90 Å². The molecule has 3 rings (SSSR count). The second-order valence-corrected chi connectivity index (χ2v) is 8.69. The summed E-state index contributed by atoms with van der Waals surface area (Å²) in [5.74, 6) is 0.769. The van der Waals surface area contributed by atoms with Gasteiger partial charge in [0.25, 0.3) is 5.91 Å². The summed E-state index contributed by atoms with van der Waals surface area (Å²) >= 11 is 8.10. The van der Waals surface area contributed by atoms with Crippen LogP contribution in [0.25, 0.3) is 0 Å². The first-order valence-electron chi connectivity index (χ1n) is 9.21. The van der Waals surface area contributed by atoms with E-state index in [4.69, 9.17) is 11.6 Å². The van der Waals surface area contributed by atoms with E-state index in [9.17, 15) is 9.18 Å². The molecule has 0 aromatic heterocycles. The van der Waals surface area contributed by atoms with Crippen LogP contribution in [-0.2, 0) is 11.3 Å². The highest BCUT2D eigenvalue weighted by molar-refractivity contribution is 7.99. The molecular formula is C21H25ClFN2OS+. The van der Waals surface area contributed by atoms with Crippen molar-refractivity contribution in [2.24, 2.45) is 0 Å². The minimum Gasteiger partial charge on any atom is -0.321 e. The average molecular weight is 408 g/mol. The maximum Gasteiger partial charge on any atom is 0.278 e. The van der Waals surface area contributed by atoms with Gasteiger partial charge in [-0.15, -0.1) is 11.8 Å². The number of thioether (sulfide) groups is 1. The summed E-state index contributed by atoms with van der Waals surface area (Å²) in [7, 11) is 0. The molecule has 0 saturated carbocycles. The quantitative estimate of drug-likeness (QED) is 0.792. The van der Waals surface area contributed by atoms with E-state index in [1.807, 2.05) is 35.2 Å². The van der Waals surface area contributed by atoms with E-state index in [0.29, 0.717) is 30.2 Å². The number of halogens is 2. The van der Waals surface area contributed by atoms with Gasteiger partial charge in [0.1, 0.15) is 17.7 Å². The fourth-order valence-corrected chi connectivity index (χ4v) is 4.93. The third-order valence-corrected chi connectivity index (χ3v) is 6.54. The van der Waals surface area contributed by atoms with Gasteiger partial charge < -0.3 is 9.80 Å². The van der Waals surface area contributed by atoms with E-state index in [1.54, 1.807) is 23.9 Å². The Hall–Kier alpha value is -1.56. The predicted molar refractivity (Wildman–Crippen MR) is 109 cm³/mol. The largest absolute Gasteiger partial charge is 0.321 e. The molecular weight excluding hydrogens is 383 g/mol. The number of amides is 1. The first-order chi connectivity index (χ1) is 13.0. The van der Waals surface area contributed by atoms with Crippen molar-refractivity contribution in [3.8, 4) is 0 Å². The van der Waals surface area contributed by atoms with E-state index >= 15 is 0 Å². The maximum absolute atomic E-state index is 14.1. The lowest BCUT2D eigenvalue weighted by molar-refractivity contribution is -0.927. The fourth-order valence-electron chi connectivity index (χ4n) is 3.31. The van der Waals surface area contributed by atoms with Crippen LogP contribution in [0, 0.1) is 5.82 Å². The third-order valence-electron chi connectivity index (χ3n) is 4.95. The molecule has 1 amide bonds. The summed E-state index contributed by atoms with van der Waals surface area (Å²) in [5.41, 5.74) is 1.63. The Balaban J connectivity index is 1.73. The fraction of sp³-hybridized carbons (Fsp3) is 0.381. The number of carbonyl (C=O) groups excluding carboxylic acids is 1. The maximum atomic E-state index is 14.1. The number of hydrogen-bond acceptors (Lipinski definition) is 2. The minimum absolute atomic E-state index is 0.0481. The van der Waals surface area contributed by atoms with Gasteiger partial charge in [0.15, 0.2) is 6.54 Å². The lowest BCUT2D eigenvalue weighted by Crippen LogP contribution is -3.14. The first-order valence-corrected chi connectivity index (χ1v) is 10.6. The summed E-state index contributed by atoms with van der Waals surface area (Å²) in [5, 5.41) is 0.641. The van der Waals surface area contributed by atoms with Crippen LogP contribution >= 0.6 is 23.4 Å². The molecule has 6 heteroatoms. The number of nitrogens with one attached hydrogen (secondary N) is 1. The Bertz CT molecular complexity index is 801. The van der Waals surface area contributed by atoms with Crippen molar-refractivity contribution in [2.45, 2.75) is 31.8 Å². The van der Waals surface area contributed by atoms with Crippen LogP contribution in [0.4, 0.5) is 4.39 Å². The van der Waals surface area contributed by atoms with Crippen molar-refractivity contribution in [3.63, 3.8) is 0 Å². The average Bonchev–Trinajstić information content (AvgIpc) is 3.12. The molecule has 1 heterocycles. The zero-order valence-electron chi connectivity index (χ0n) is 15.6. The van der Waals surface area contributed by atoms with Crippen LogP contribution in [0.5, 0.6) is 0 Å². The summed E-state index contributed by atoms with van der Waals surface area (Å²) in [6, 6.07) is 14.7. The molecule has 0 radical (unpaired) electrons. The number of carbonyl (C=O) groups is 1. The highest BCUT2D eigenvalue weighted by Gasteiger charge is 2.34. The molecule has 3 nitrogen and oxygen atoms in total. The topological polar surface area (TPSA) is 24.8 Å². The van der Waals surface area contributed by atoms with E-state index < -0.39 is 0 Å². The monoisotopic (exact) mass is 407 g/mol. The Morgan fingerprint density at radius 3 is 2.67 bits per heavy atom. The second kappa shape index (κ2) is 9.09. The summed E-state index contributed by atoms with van der Waals surface area (Å²) in [4.78, 5) is 16.1. The summed E-state index contributed by atoms with van der Waals surface area (Å²) < 4.78 is 14.1. The molecule has 1 unspecified atom stereocenters. The van der Waals surface area contributed by atoms with Crippen LogP contribution in [-0.4, -0.2) is 35.7 Å². The molecule has 1 saturated heterocycles. The van der Waals surface area contributed by atoms with Gasteiger partial charge in [-0.05, 0) is 26.0 Å². The first kappa shape index (κ1) is 20.2. The van der Waals surface area contributed by atoms with Crippen molar-refractivity contribution in [3.05, 3.63) is 70.5 Å². The molecule has 0 bridgehead atoms. The SMILES string of the molecule is CC(C)[NH+](CC(=O)N1CCS[C@H]1c1ccccc1Cl)Cc1ccccc1F. The summed E-state index contributed by atoms with van der Waals surface area (Å²) in [6.45, 7) is 5.67. The van der Waals surface area contributed by atoms with Crippen molar-refractivity contribution in [2.75, 3.05) is 18.8 Å². The van der Waals surface area contributed by atoms with Crippen molar-refractivity contribution >= 4 is 29.3 Å². The lowest BCUT2D eigenvalue weighted by atomic mass is 10.1. The predicted octanol–water partition coefficient (Wildman–Crippen LogP) is 3.55. The Labute approximate surface area is 169 Å². The molecule has 2 aromatic carbocycles. The molecule has 0 spiro atoms. The number of hydrogen-bond donors (Lipinski definition) is 1. The Kier molecular flexibility index (Phi) is 6.79.